The molecule has 8 heteroatoms. The first-order valence-corrected chi connectivity index (χ1v) is 7.50. The molecule has 0 radical (unpaired) electrons. The zero-order valence-electron chi connectivity index (χ0n) is 12.3. The molecule has 0 saturated heterocycles. The molecule has 1 aromatic rings. The van der Waals surface area contributed by atoms with Crippen LogP contribution in [0.3, 0.4) is 0 Å². The Balaban J connectivity index is 2.52. The third-order valence-corrected chi connectivity index (χ3v) is 3.05. The zero-order chi connectivity index (χ0) is 16.9. The molecule has 120 valence electrons. The lowest BCUT2D eigenvalue weighted by Gasteiger charge is -2.20. The average molecular weight is 392 g/mol. The number of urea groups is 1. The van der Waals surface area contributed by atoms with Crippen molar-refractivity contribution in [1.29, 1.82) is 0 Å². The van der Waals surface area contributed by atoms with Crippen LogP contribution in [0.4, 0.5) is 4.79 Å². The van der Waals surface area contributed by atoms with E-state index in [1.54, 1.807) is 26.8 Å². The van der Waals surface area contributed by atoms with Gasteiger partial charge in [0.05, 0.1) is 10.6 Å². The predicted octanol–water partition coefficient (Wildman–Crippen LogP) is 2.88. The fourth-order valence-electron chi connectivity index (χ4n) is 1.40. The van der Waals surface area contributed by atoms with Crippen LogP contribution in [0, 0.1) is 0 Å². The Morgan fingerprint density at radius 3 is 2.50 bits per heavy atom. The summed E-state index contributed by atoms with van der Waals surface area (Å²) in [4.78, 5) is 34.8. The molecular weight excluding hydrogens is 376 g/mol. The Kier molecular flexibility index (Phi) is 6.37. The fourth-order valence-corrected chi connectivity index (χ4v) is 1.95. The number of imide groups is 1. The number of carbonyl (C=O) groups is 3. The smallest absolute Gasteiger partial charge is 0.340 e. The van der Waals surface area contributed by atoms with Crippen LogP contribution >= 0.6 is 27.5 Å². The van der Waals surface area contributed by atoms with Crippen LogP contribution in [-0.4, -0.2) is 30.1 Å². The third kappa shape index (κ3) is 6.44. The van der Waals surface area contributed by atoms with Crippen LogP contribution in [0.15, 0.2) is 22.7 Å². The summed E-state index contributed by atoms with van der Waals surface area (Å²) in [6.45, 7) is 4.73. The molecule has 0 fully saturated rings. The number of nitrogens with one attached hydrogen (secondary N) is 2. The number of hydrogen-bond acceptors (Lipinski definition) is 4. The number of ether oxygens (including phenoxy) is 1. The Labute approximate surface area is 141 Å². The largest absolute Gasteiger partial charge is 0.452 e. The minimum absolute atomic E-state index is 0.128. The molecule has 0 bridgehead atoms. The van der Waals surface area contributed by atoms with Gasteiger partial charge in [-0.15, -0.1) is 0 Å². The summed E-state index contributed by atoms with van der Waals surface area (Å²) in [6, 6.07) is 4.02. The molecular formula is C14H16BrClN2O4. The lowest BCUT2D eigenvalue weighted by atomic mass is 10.1. The van der Waals surface area contributed by atoms with Crippen LogP contribution in [-0.2, 0) is 9.53 Å². The second-order valence-corrected chi connectivity index (χ2v) is 6.78. The van der Waals surface area contributed by atoms with Gasteiger partial charge in [0.15, 0.2) is 6.61 Å². The number of esters is 1. The van der Waals surface area contributed by atoms with E-state index in [-0.39, 0.29) is 10.6 Å². The highest BCUT2D eigenvalue weighted by molar-refractivity contribution is 9.10. The van der Waals surface area contributed by atoms with Gasteiger partial charge in [0.2, 0.25) is 0 Å². The van der Waals surface area contributed by atoms with E-state index in [1.807, 2.05) is 0 Å². The molecule has 1 rings (SSSR count). The SMILES string of the molecule is CC(C)(C)NC(=O)NC(=O)COC(=O)c1cc(Br)ccc1Cl. The molecule has 0 unspecified atom stereocenters. The third-order valence-electron chi connectivity index (χ3n) is 2.22. The summed E-state index contributed by atoms with van der Waals surface area (Å²) < 4.78 is 5.47. The van der Waals surface area contributed by atoms with Crippen LogP contribution in [0.25, 0.3) is 0 Å². The predicted molar refractivity (Wildman–Crippen MR) is 85.9 cm³/mol. The molecule has 0 atom stereocenters. The molecule has 0 aliphatic heterocycles. The van der Waals surface area contributed by atoms with Crippen LogP contribution in [0.5, 0.6) is 0 Å². The lowest BCUT2D eigenvalue weighted by molar-refractivity contribution is -0.123. The van der Waals surface area contributed by atoms with Crippen molar-refractivity contribution in [3.8, 4) is 0 Å². The monoisotopic (exact) mass is 390 g/mol. The van der Waals surface area contributed by atoms with Gasteiger partial charge in [-0.3, -0.25) is 10.1 Å². The lowest BCUT2D eigenvalue weighted by Crippen LogP contribution is -2.49. The second kappa shape index (κ2) is 7.60. The summed E-state index contributed by atoms with van der Waals surface area (Å²) in [5, 5.41) is 4.82. The Hall–Kier alpha value is -1.60. The number of hydrogen-bond donors (Lipinski definition) is 2. The van der Waals surface area contributed by atoms with Gasteiger partial charge in [0, 0.05) is 10.0 Å². The van der Waals surface area contributed by atoms with Crippen LogP contribution in [0.1, 0.15) is 31.1 Å². The molecule has 0 spiro atoms. The molecule has 2 N–H and O–H groups in total. The van der Waals surface area contributed by atoms with Gasteiger partial charge in [-0.05, 0) is 39.0 Å². The van der Waals surface area contributed by atoms with Crippen molar-refractivity contribution < 1.29 is 19.1 Å². The fraction of sp³-hybridized carbons (Fsp3) is 0.357. The van der Waals surface area contributed by atoms with Gasteiger partial charge >= 0.3 is 12.0 Å². The molecule has 1 aromatic carbocycles. The maximum atomic E-state index is 11.8. The number of halogens is 2. The highest BCUT2D eigenvalue weighted by atomic mass is 79.9. The Bertz CT molecular complexity index is 599. The van der Waals surface area contributed by atoms with E-state index in [1.165, 1.54) is 12.1 Å². The highest BCUT2D eigenvalue weighted by Crippen LogP contribution is 2.21. The standard InChI is InChI=1S/C14H16BrClN2O4/c1-14(2,3)18-13(21)17-11(19)7-22-12(20)9-6-8(15)4-5-10(9)16/h4-6H,7H2,1-3H3,(H2,17,18,19,21). The van der Waals surface area contributed by atoms with Crippen molar-refractivity contribution in [3.05, 3.63) is 33.3 Å². The number of carbonyl (C=O) groups excluding carboxylic acids is 3. The molecule has 0 heterocycles. The first kappa shape index (κ1) is 18.4. The van der Waals surface area contributed by atoms with Gasteiger partial charge in [-0.1, -0.05) is 27.5 Å². The number of benzene rings is 1. The summed E-state index contributed by atoms with van der Waals surface area (Å²) in [5.41, 5.74) is -0.354. The van der Waals surface area contributed by atoms with Gasteiger partial charge in [0.25, 0.3) is 5.91 Å². The first-order chi connectivity index (χ1) is 10.1. The van der Waals surface area contributed by atoms with Crippen LogP contribution < -0.4 is 10.6 Å². The number of rotatable bonds is 3. The van der Waals surface area contributed by atoms with E-state index < -0.39 is 30.1 Å². The molecule has 3 amide bonds. The number of amides is 3. The summed E-state index contributed by atoms with van der Waals surface area (Å²) >= 11 is 9.08. The van der Waals surface area contributed by atoms with E-state index in [0.717, 1.165) is 0 Å². The van der Waals surface area contributed by atoms with Gasteiger partial charge in [0.1, 0.15) is 0 Å². The zero-order valence-corrected chi connectivity index (χ0v) is 14.7. The van der Waals surface area contributed by atoms with E-state index in [9.17, 15) is 14.4 Å². The topological polar surface area (TPSA) is 84.5 Å². The van der Waals surface area contributed by atoms with E-state index in [0.29, 0.717) is 4.47 Å². The molecule has 6 nitrogen and oxygen atoms in total. The van der Waals surface area contributed by atoms with Crippen molar-refractivity contribution in [2.75, 3.05) is 6.61 Å². The van der Waals surface area contributed by atoms with E-state index >= 15 is 0 Å². The van der Waals surface area contributed by atoms with Gasteiger partial charge < -0.3 is 10.1 Å². The van der Waals surface area contributed by atoms with Gasteiger partial charge in [-0.2, -0.15) is 0 Å². The molecule has 0 saturated carbocycles. The normalized spacial score (nSPS) is 10.8. The van der Waals surface area contributed by atoms with Crippen molar-refractivity contribution >= 4 is 45.4 Å². The quantitative estimate of drug-likeness (QED) is 0.776. The maximum Gasteiger partial charge on any atom is 0.340 e. The van der Waals surface area contributed by atoms with Gasteiger partial charge in [-0.25, -0.2) is 9.59 Å². The average Bonchev–Trinajstić information content (AvgIpc) is 2.36. The first-order valence-electron chi connectivity index (χ1n) is 6.32. The summed E-state index contributed by atoms with van der Waals surface area (Å²) in [6.07, 6.45) is 0. The minimum Gasteiger partial charge on any atom is -0.452 e. The maximum absolute atomic E-state index is 11.8. The second-order valence-electron chi connectivity index (χ2n) is 5.45. The minimum atomic E-state index is -0.752. The van der Waals surface area contributed by atoms with Crippen molar-refractivity contribution in [2.45, 2.75) is 26.3 Å². The Morgan fingerprint density at radius 1 is 1.27 bits per heavy atom. The van der Waals surface area contributed by atoms with E-state index in [4.69, 9.17) is 16.3 Å². The van der Waals surface area contributed by atoms with Crippen LogP contribution in [0.2, 0.25) is 5.02 Å². The van der Waals surface area contributed by atoms with Crippen molar-refractivity contribution in [1.82, 2.24) is 10.6 Å². The summed E-state index contributed by atoms with van der Waals surface area (Å²) in [5.74, 6) is -1.49. The molecule has 0 aliphatic rings. The van der Waals surface area contributed by atoms with Crippen molar-refractivity contribution in [3.63, 3.8) is 0 Å². The van der Waals surface area contributed by atoms with Crippen molar-refractivity contribution in [2.24, 2.45) is 0 Å². The molecule has 22 heavy (non-hydrogen) atoms. The molecule has 0 aliphatic carbocycles. The molecule has 0 aromatic heterocycles. The Morgan fingerprint density at radius 2 is 1.91 bits per heavy atom. The summed E-state index contributed by atoms with van der Waals surface area (Å²) in [7, 11) is 0. The highest BCUT2D eigenvalue weighted by Gasteiger charge is 2.18. The van der Waals surface area contributed by atoms with E-state index in [2.05, 4.69) is 26.6 Å².